The van der Waals surface area contributed by atoms with E-state index in [4.69, 9.17) is 0 Å². The van der Waals surface area contributed by atoms with Crippen LogP contribution in [-0.2, 0) is 6.54 Å². The molecule has 1 aliphatic rings. The van der Waals surface area contributed by atoms with Crippen molar-refractivity contribution in [1.29, 1.82) is 0 Å². The molecular weight excluding hydrogens is 284 g/mol. The number of benzene rings is 1. The van der Waals surface area contributed by atoms with Crippen LogP contribution in [0.5, 0.6) is 0 Å². The van der Waals surface area contributed by atoms with E-state index < -0.39 is 0 Å². The molecule has 1 aliphatic carbocycles. The highest BCUT2D eigenvalue weighted by Gasteiger charge is 2.29. The van der Waals surface area contributed by atoms with Crippen molar-refractivity contribution in [3.63, 3.8) is 0 Å². The Balaban J connectivity index is 1.58. The minimum Gasteiger partial charge on any atom is -0.310 e. The zero-order valence-corrected chi connectivity index (χ0v) is 14.5. The summed E-state index contributed by atoms with van der Waals surface area (Å²) in [5.41, 5.74) is 2.84. The maximum atomic E-state index is 4.26. The maximum absolute atomic E-state index is 4.26. The molecule has 0 bridgehead atoms. The summed E-state index contributed by atoms with van der Waals surface area (Å²) < 4.78 is 1.84. The second-order valence-electron chi connectivity index (χ2n) is 7.76. The van der Waals surface area contributed by atoms with Gasteiger partial charge in [-0.15, -0.1) is 0 Å². The molecule has 124 valence electrons. The van der Waals surface area contributed by atoms with Crippen LogP contribution in [0.2, 0.25) is 0 Å². The summed E-state index contributed by atoms with van der Waals surface area (Å²) in [6.07, 6.45) is 8.59. The first-order chi connectivity index (χ1) is 11.0. The number of hydrogen-bond donors (Lipinski definition) is 1. The van der Waals surface area contributed by atoms with Gasteiger partial charge < -0.3 is 5.32 Å². The molecule has 4 nitrogen and oxygen atoms in total. The molecule has 1 saturated carbocycles. The Hall–Kier alpha value is -1.68. The Kier molecular flexibility index (Phi) is 4.81. The second kappa shape index (κ2) is 6.83. The van der Waals surface area contributed by atoms with Crippen LogP contribution in [0.4, 0.5) is 0 Å². The first-order valence-corrected chi connectivity index (χ1v) is 8.70. The fraction of sp³-hybridized carbons (Fsp3) is 0.579. The van der Waals surface area contributed by atoms with Crippen molar-refractivity contribution in [3.8, 4) is 5.69 Å². The molecule has 0 atom stereocenters. The van der Waals surface area contributed by atoms with Gasteiger partial charge in [-0.25, -0.2) is 9.67 Å². The lowest BCUT2D eigenvalue weighted by Crippen LogP contribution is -2.36. The van der Waals surface area contributed by atoms with Gasteiger partial charge in [-0.3, -0.25) is 0 Å². The fourth-order valence-corrected chi connectivity index (χ4v) is 3.63. The number of nitrogens with one attached hydrogen (secondary N) is 1. The highest BCUT2D eigenvalue weighted by atomic mass is 15.3. The van der Waals surface area contributed by atoms with Crippen LogP contribution in [0.3, 0.4) is 0 Å². The topological polar surface area (TPSA) is 42.7 Å². The fourth-order valence-electron chi connectivity index (χ4n) is 3.63. The van der Waals surface area contributed by atoms with Gasteiger partial charge in [0.25, 0.3) is 0 Å². The van der Waals surface area contributed by atoms with Gasteiger partial charge in [-0.1, -0.05) is 39.0 Å². The summed E-state index contributed by atoms with van der Waals surface area (Å²) in [6.45, 7) is 8.01. The summed E-state index contributed by atoms with van der Waals surface area (Å²) in [4.78, 5) is 4.05. The van der Waals surface area contributed by atoms with E-state index in [2.05, 4.69) is 60.4 Å². The number of nitrogens with zero attached hydrogens (tertiary/aromatic N) is 3. The maximum Gasteiger partial charge on any atom is 0.138 e. The lowest BCUT2D eigenvalue weighted by molar-refractivity contribution is 0.160. The van der Waals surface area contributed by atoms with E-state index in [-0.39, 0.29) is 0 Å². The second-order valence-corrected chi connectivity index (χ2v) is 7.76. The van der Waals surface area contributed by atoms with Crippen LogP contribution in [0.25, 0.3) is 5.69 Å². The number of rotatable bonds is 4. The molecule has 1 N–H and O–H groups in total. The van der Waals surface area contributed by atoms with Gasteiger partial charge in [0.15, 0.2) is 0 Å². The van der Waals surface area contributed by atoms with Gasteiger partial charge in [-0.2, -0.15) is 5.10 Å². The zero-order valence-electron chi connectivity index (χ0n) is 14.5. The molecule has 2 aromatic rings. The van der Waals surface area contributed by atoms with E-state index in [1.807, 2.05) is 4.68 Å². The van der Waals surface area contributed by atoms with Crippen molar-refractivity contribution < 1.29 is 0 Å². The normalized spacial score (nSPS) is 22.2. The largest absolute Gasteiger partial charge is 0.310 e. The molecule has 0 radical (unpaired) electrons. The quantitative estimate of drug-likeness (QED) is 0.929. The van der Waals surface area contributed by atoms with Gasteiger partial charge in [0.1, 0.15) is 12.7 Å². The molecule has 0 saturated heterocycles. The predicted molar refractivity (Wildman–Crippen MR) is 93.4 cm³/mol. The Morgan fingerprint density at radius 1 is 1.13 bits per heavy atom. The molecule has 1 aromatic carbocycles. The van der Waals surface area contributed by atoms with Gasteiger partial charge >= 0.3 is 0 Å². The van der Waals surface area contributed by atoms with E-state index in [0.29, 0.717) is 11.5 Å². The third-order valence-corrected chi connectivity index (χ3v) is 5.19. The molecule has 1 aromatic heterocycles. The van der Waals surface area contributed by atoms with Crippen molar-refractivity contribution in [2.75, 3.05) is 0 Å². The summed E-state index contributed by atoms with van der Waals surface area (Å²) in [5, 5.41) is 8.01. The van der Waals surface area contributed by atoms with Gasteiger partial charge in [0, 0.05) is 12.6 Å². The Morgan fingerprint density at radius 3 is 2.52 bits per heavy atom. The summed E-state index contributed by atoms with van der Waals surface area (Å²) >= 11 is 0. The first-order valence-electron chi connectivity index (χ1n) is 8.70. The third kappa shape index (κ3) is 3.99. The number of para-hydroxylation sites is 1. The van der Waals surface area contributed by atoms with E-state index in [1.165, 1.54) is 31.2 Å². The van der Waals surface area contributed by atoms with Crippen molar-refractivity contribution >= 4 is 0 Å². The highest BCUT2D eigenvalue weighted by molar-refractivity contribution is 5.39. The molecule has 0 aliphatic heterocycles. The molecule has 1 fully saturated rings. The Morgan fingerprint density at radius 2 is 1.87 bits per heavy atom. The molecule has 4 heteroatoms. The van der Waals surface area contributed by atoms with Gasteiger partial charge in [-0.05, 0) is 48.6 Å². The Labute approximate surface area is 139 Å². The number of hydrogen-bond acceptors (Lipinski definition) is 3. The van der Waals surface area contributed by atoms with Crippen molar-refractivity contribution in [3.05, 3.63) is 42.5 Å². The molecule has 3 rings (SSSR count). The van der Waals surface area contributed by atoms with Crippen LogP contribution in [-0.4, -0.2) is 20.8 Å². The molecule has 1 heterocycles. The standard InChI is InChI=1S/C19H28N4/c1-19(2,3)16-8-10-17(11-9-16)21-12-15-6-4-5-7-18(15)23-14-20-13-22-23/h4-7,13-14,16-17,21H,8-12H2,1-3H3. The lowest BCUT2D eigenvalue weighted by atomic mass is 9.71. The Bertz CT molecular complexity index is 605. The summed E-state index contributed by atoms with van der Waals surface area (Å²) in [6, 6.07) is 9.05. The van der Waals surface area contributed by atoms with Crippen LogP contribution in [0.15, 0.2) is 36.9 Å². The third-order valence-electron chi connectivity index (χ3n) is 5.19. The van der Waals surface area contributed by atoms with Crippen molar-refractivity contribution in [2.45, 2.75) is 59.0 Å². The molecule has 0 unspecified atom stereocenters. The van der Waals surface area contributed by atoms with Gasteiger partial charge in [0.05, 0.1) is 5.69 Å². The summed E-state index contributed by atoms with van der Waals surface area (Å²) in [7, 11) is 0. The molecule has 0 amide bonds. The monoisotopic (exact) mass is 312 g/mol. The van der Waals surface area contributed by atoms with Crippen LogP contribution in [0, 0.1) is 11.3 Å². The van der Waals surface area contributed by atoms with Gasteiger partial charge in [0.2, 0.25) is 0 Å². The average molecular weight is 312 g/mol. The SMILES string of the molecule is CC(C)(C)C1CCC(NCc2ccccc2-n2cncn2)CC1. The molecule has 23 heavy (non-hydrogen) atoms. The summed E-state index contributed by atoms with van der Waals surface area (Å²) in [5.74, 6) is 0.864. The minimum atomic E-state index is 0.449. The van der Waals surface area contributed by atoms with Crippen LogP contribution >= 0.6 is 0 Å². The molecule has 0 spiro atoms. The van der Waals surface area contributed by atoms with E-state index in [1.54, 1.807) is 12.7 Å². The van der Waals surface area contributed by atoms with Crippen LogP contribution < -0.4 is 5.32 Å². The van der Waals surface area contributed by atoms with E-state index in [0.717, 1.165) is 18.2 Å². The lowest BCUT2D eigenvalue weighted by Gasteiger charge is -2.37. The minimum absolute atomic E-state index is 0.449. The van der Waals surface area contributed by atoms with Crippen molar-refractivity contribution in [2.24, 2.45) is 11.3 Å². The molecular formula is C19H28N4. The first kappa shape index (κ1) is 16.2. The smallest absolute Gasteiger partial charge is 0.138 e. The van der Waals surface area contributed by atoms with E-state index in [9.17, 15) is 0 Å². The number of aromatic nitrogens is 3. The highest BCUT2D eigenvalue weighted by Crippen LogP contribution is 2.37. The zero-order chi connectivity index (χ0) is 16.3. The predicted octanol–water partition coefficient (Wildman–Crippen LogP) is 3.96. The average Bonchev–Trinajstić information content (AvgIpc) is 3.07. The van der Waals surface area contributed by atoms with Crippen LogP contribution in [0.1, 0.15) is 52.0 Å². The van der Waals surface area contributed by atoms with Crippen molar-refractivity contribution in [1.82, 2.24) is 20.1 Å². The van der Waals surface area contributed by atoms with E-state index >= 15 is 0 Å².